The van der Waals surface area contributed by atoms with E-state index in [1.807, 2.05) is 36.4 Å². The maximum absolute atomic E-state index is 9.73. The van der Waals surface area contributed by atoms with Crippen molar-refractivity contribution in [3.63, 3.8) is 0 Å². The molecular weight excluding hydrogens is 464 g/mol. The van der Waals surface area contributed by atoms with Crippen molar-refractivity contribution in [3.05, 3.63) is 83.5 Å². The zero-order valence-corrected chi connectivity index (χ0v) is 24.4. The molecule has 0 atom stereocenters. The largest absolute Gasteiger partial charge is 0.353 e. The van der Waals surface area contributed by atoms with Gasteiger partial charge in [-0.1, -0.05) is 91.8 Å². The molecular formula is C34H46N4. The van der Waals surface area contributed by atoms with Gasteiger partial charge >= 0.3 is 0 Å². The monoisotopic (exact) mass is 514 g/mol. The maximum atomic E-state index is 9.73. The quantitative estimate of drug-likeness (QED) is 0.402. The van der Waals surface area contributed by atoms with Crippen LogP contribution in [0.3, 0.4) is 0 Å². The number of benzene rings is 2. The Bertz CT molecular complexity index is 1350. The Labute approximate surface area is 236 Å². The van der Waals surface area contributed by atoms with Crippen LogP contribution in [0.1, 0.15) is 73.7 Å². The van der Waals surface area contributed by atoms with Crippen LogP contribution in [-0.4, -0.2) is 36.1 Å². The molecule has 2 aliphatic carbocycles. The highest BCUT2D eigenvalue weighted by molar-refractivity contribution is 5.60. The van der Waals surface area contributed by atoms with E-state index in [4.69, 9.17) is 0 Å². The Balaban J connectivity index is 1.48. The van der Waals surface area contributed by atoms with E-state index in [1.54, 1.807) is 9.80 Å². The van der Waals surface area contributed by atoms with E-state index < -0.39 is 13.0 Å². The number of para-hydroxylation sites is 2. The van der Waals surface area contributed by atoms with Gasteiger partial charge in [-0.2, -0.15) is 0 Å². The van der Waals surface area contributed by atoms with Crippen LogP contribution in [0.25, 0.3) is 0 Å². The summed E-state index contributed by atoms with van der Waals surface area (Å²) in [5.74, 6) is 0. The second-order valence-electron chi connectivity index (χ2n) is 14.2. The summed E-state index contributed by atoms with van der Waals surface area (Å²) in [6, 6.07) is 20.3. The zero-order chi connectivity index (χ0) is 30.7. The molecule has 4 aliphatic rings. The summed E-state index contributed by atoms with van der Waals surface area (Å²) in [7, 11) is 0. The third-order valence-corrected chi connectivity index (χ3v) is 8.88. The first kappa shape index (κ1) is 21.0. The first-order valence-electron chi connectivity index (χ1n) is 16.0. The van der Waals surface area contributed by atoms with Gasteiger partial charge in [0.2, 0.25) is 0 Å². The van der Waals surface area contributed by atoms with Gasteiger partial charge in [-0.25, -0.2) is 0 Å². The fourth-order valence-corrected chi connectivity index (χ4v) is 8.31. The molecule has 0 spiro atoms. The molecule has 0 saturated heterocycles. The van der Waals surface area contributed by atoms with Gasteiger partial charge in [-0.3, -0.25) is 0 Å². The number of allylic oxidation sites excluding steroid dienone is 4. The molecule has 0 bridgehead atoms. The topological polar surface area (TPSA) is 13.0 Å². The van der Waals surface area contributed by atoms with E-state index in [2.05, 4.69) is 89.5 Å². The summed E-state index contributed by atoms with van der Waals surface area (Å²) in [4.78, 5) is 7.93. The number of rotatable bonds is 5. The average molecular weight is 515 g/mol. The molecule has 2 aliphatic heterocycles. The minimum absolute atomic E-state index is 0.183. The summed E-state index contributed by atoms with van der Waals surface area (Å²) < 4.78 is 38.9. The van der Waals surface area contributed by atoms with Crippen LogP contribution in [0.4, 0.5) is 11.4 Å². The lowest BCUT2D eigenvalue weighted by Crippen LogP contribution is -2.42. The lowest BCUT2D eigenvalue weighted by Gasteiger charge is -2.39. The molecule has 0 N–H and O–H groups in total. The fraction of sp³-hybridized carbons (Fsp3) is 0.529. The van der Waals surface area contributed by atoms with Gasteiger partial charge in [0.15, 0.2) is 0 Å². The Morgan fingerprint density at radius 2 is 0.842 bits per heavy atom. The molecule has 2 aromatic carbocycles. The smallest absolute Gasteiger partial charge is 0.0948 e. The van der Waals surface area contributed by atoms with Crippen molar-refractivity contribution >= 4 is 11.4 Å². The molecule has 6 rings (SSSR count). The van der Waals surface area contributed by atoms with Crippen LogP contribution in [0.2, 0.25) is 0 Å². The number of nitrogens with zero attached hydrogens (tertiary/aromatic N) is 4. The molecule has 202 valence electrons. The third kappa shape index (κ3) is 3.86. The highest BCUT2D eigenvalue weighted by Gasteiger charge is 2.54. The summed E-state index contributed by atoms with van der Waals surface area (Å²) in [5.41, 5.74) is 5.08. The SMILES string of the molecule is [2H]C([2H])(N1CN(c2ccccc2)C2=C1C(C)(C)CC2(C)C)C([2H])([2H])N1CN(c2ccccc2)C2=C1C(C)(C)CC2(C)C. The van der Waals surface area contributed by atoms with Crippen molar-refractivity contribution in [3.8, 4) is 0 Å². The molecule has 2 aromatic rings. The predicted octanol–water partition coefficient (Wildman–Crippen LogP) is 7.88. The molecule has 0 saturated carbocycles. The van der Waals surface area contributed by atoms with Crippen LogP contribution in [0.15, 0.2) is 83.5 Å². The molecule has 0 radical (unpaired) electrons. The van der Waals surface area contributed by atoms with E-state index in [0.29, 0.717) is 0 Å². The summed E-state index contributed by atoms with van der Waals surface area (Å²) in [5, 5.41) is 0. The molecule has 0 amide bonds. The van der Waals surface area contributed by atoms with Gasteiger partial charge in [-0.05, 0) is 37.1 Å². The molecule has 4 nitrogen and oxygen atoms in total. The highest BCUT2D eigenvalue weighted by atomic mass is 15.4. The molecule has 0 aromatic heterocycles. The van der Waals surface area contributed by atoms with Crippen molar-refractivity contribution in [2.24, 2.45) is 21.7 Å². The van der Waals surface area contributed by atoms with Crippen LogP contribution in [0, 0.1) is 21.7 Å². The Morgan fingerprint density at radius 1 is 0.526 bits per heavy atom. The standard InChI is InChI=1S/C34H46N4/c1-31(2)21-33(5,6)29-27(31)35(23-37(29)25-15-11-9-12-16-25)19-20-36-24-38(26-17-13-10-14-18-26)30-28(36)32(3,4)22-34(30,7)8/h9-18H,19-24H2,1-8H3/i19D2,20D2. The Morgan fingerprint density at radius 3 is 1.18 bits per heavy atom. The number of hydrogen-bond donors (Lipinski definition) is 0. The molecule has 4 heteroatoms. The van der Waals surface area contributed by atoms with Crippen molar-refractivity contribution < 1.29 is 5.48 Å². The van der Waals surface area contributed by atoms with Gasteiger partial charge in [0, 0.05) is 68.8 Å². The summed E-state index contributed by atoms with van der Waals surface area (Å²) >= 11 is 0. The molecule has 0 unspecified atom stereocenters. The second-order valence-corrected chi connectivity index (χ2v) is 14.2. The van der Waals surface area contributed by atoms with Gasteiger partial charge in [0.1, 0.15) is 0 Å². The Kier molecular flexibility index (Phi) is 4.59. The van der Waals surface area contributed by atoms with E-state index in [1.165, 1.54) is 0 Å². The van der Waals surface area contributed by atoms with Crippen LogP contribution >= 0.6 is 0 Å². The minimum Gasteiger partial charge on any atom is -0.353 e. The molecule has 38 heavy (non-hydrogen) atoms. The lowest BCUT2D eigenvalue weighted by molar-refractivity contribution is 0.198. The van der Waals surface area contributed by atoms with Gasteiger partial charge in [0.25, 0.3) is 0 Å². The number of anilines is 2. The van der Waals surface area contributed by atoms with Gasteiger partial charge < -0.3 is 19.6 Å². The average Bonchev–Trinajstić information content (AvgIpc) is 3.59. The normalized spacial score (nSPS) is 26.8. The van der Waals surface area contributed by atoms with E-state index in [0.717, 1.165) is 47.0 Å². The maximum Gasteiger partial charge on any atom is 0.0948 e. The zero-order valence-electron chi connectivity index (χ0n) is 28.4. The fourth-order valence-electron chi connectivity index (χ4n) is 8.31. The first-order valence-corrected chi connectivity index (χ1v) is 14.0. The number of hydrogen-bond acceptors (Lipinski definition) is 4. The van der Waals surface area contributed by atoms with E-state index in [-0.39, 0.29) is 35.0 Å². The summed E-state index contributed by atoms with van der Waals surface area (Å²) in [6.45, 7) is 13.5. The minimum atomic E-state index is -2.33. The van der Waals surface area contributed by atoms with Crippen LogP contribution in [-0.2, 0) is 0 Å². The lowest BCUT2D eigenvalue weighted by atomic mass is 9.80. The van der Waals surface area contributed by atoms with Gasteiger partial charge in [0.05, 0.1) is 18.8 Å². The van der Waals surface area contributed by atoms with E-state index >= 15 is 0 Å². The van der Waals surface area contributed by atoms with Gasteiger partial charge in [-0.15, -0.1) is 0 Å². The van der Waals surface area contributed by atoms with Crippen molar-refractivity contribution in [1.29, 1.82) is 0 Å². The van der Waals surface area contributed by atoms with Crippen LogP contribution < -0.4 is 9.80 Å². The highest BCUT2D eigenvalue weighted by Crippen LogP contribution is 2.59. The Hall–Kier alpha value is -2.88. The predicted molar refractivity (Wildman–Crippen MR) is 159 cm³/mol. The van der Waals surface area contributed by atoms with Crippen molar-refractivity contribution in [2.45, 2.75) is 68.2 Å². The second kappa shape index (κ2) is 8.31. The van der Waals surface area contributed by atoms with E-state index in [9.17, 15) is 5.48 Å². The third-order valence-electron chi connectivity index (χ3n) is 8.88. The summed E-state index contributed by atoms with van der Waals surface area (Å²) in [6.07, 6.45) is 1.73. The van der Waals surface area contributed by atoms with Crippen LogP contribution in [0.5, 0.6) is 0 Å². The van der Waals surface area contributed by atoms with Crippen molar-refractivity contribution in [1.82, 2.24) is 9.80 Å². The molecule has 0 fully saturated rings. The first-order chi connectivity index (χ1) is 19.3. The van der Waals surface area contributed by atoms with Crippen molar-refractivity contribution in [2.75, 3.05) is 36.1 Å². The molecule has 2 heterocycles.